The molecular weight excluding hydrogens is 375 g/mol. The van der Waals surface area contributed by atoms with E-state index >= 15 is 0 Å². The molecule has 1 amide bonds. The van der Waals surface area contributed by atoms with Gasteiger partial charge in [-0.05, 0) is 18.1 Å². The number of fused-ring (bicyclic) bond motifs is 1. The van der Waals surface area contributed by atoms with Crippen molar-refractivity contribution in [3.8, 4) is 5.75 Å². The van der Waals surface area contributed by atoms with E-state index in [4.69, 9.17) is 10.5 Å². The second-order valence-electron chi connectivity index (χ2n) is 6.31. The molecule has 6 nitrogen and oxygen atoms in total. The minimum absolute atomic E-state index is 0.101. The number of alkyl halides is 3. The molecule has 0 saturated heterocycles. The number of benzene rings is 1. The van der Waals surface area contributed by atoms with Gasteiger partial charge in [0.1, 0.15) is 11.1 Å². The van der Waals surface area contributed by atoms with E-state index in [1.54, 1.807) is 6.07 Å². The third-order valence-corrected chi connectivity index (χ3v) is 4.38. The van der Waals surface area contributed by atoms with Crippen molar-refractivity contribution >= 4 is 16.8 Å². The van der Waals surface area contributed by atoms with Crippen molar-refractivity contribution in [2.24, 2.45) is 12.8 Å². The number of nitrogens with two attached hydrogens (primary N) is 1. The summed E-state index contributed by atoms with van der Waals surface area (Å²) in [6.45, 7) is -1.32. The van der Waals surface area contributed by atoms with Gasteiger partial charge in [0.2, 0.25) is 0 Å². The van der Waals surface area contributed by atoms with E-state index in [1.165, 1.54) is 22.4 Å². The minimum Gasteiger partial charge on any atom is -0.481 e. The van der Waals surface area contributed by atoms with Crippen LogP contribution in [0.3, 0.4) is 0 Å². The first-order valence-corrected chi connectivity index (χ1v) is 8.44. The van der Waals surface area contributed by atoms with Gasteiger partial charge in [-0.2, -0.15) is 13.2 Å². The molecule has 0 bridgehead atoms. The van der Waals surface area contributed by atoms with Crippen LogP contribution in [0.5, 0.6) is 5.75 Å². The van der Waals surface area contributed by atoms with E-state index in [0.29, 0.717) is 13.0 Å². The van der Waals surface area contributed by atoms with Gasteiger partial charge in [-0.1, -0.05) is 30.3 Å². The molecule has 0 unspecified atom stereocenters. The third kappa shape index (κ3) is 3.88. The summed E-state index contributed by atoms with van der Waals surface area (Å²) in [6.07, 6.45) is -2.54. The molecule has 0 radical (unpaired) electrons. The van der Waals surface area contributed by atoms with Crippen molar-refractivity contribution < 1.29 is 22.7 Å². The normalized spacial score (nSPS) is 11.7. The number of carbonyl (C=O) groups excluding carboxylic acids is 1. The molecule has 2 aromatic heterocycles. The van der Waals surface area contributed by atoms with E-state index in [2.05, 4.69) is 0 Å². The lowest BCUT2D eigenvalue weighted by Gasteiger charge is -2.10. The van der Waals surface area contributed by atoms with Crippen LogP contribution in [0.4, 0.5) is 13.2 Å². The highest BCUT2D eigenvalue weighted by Crippen LogP contribution is 2.31. The zero-order valence-corrected chi connectivity index (χ0v) is 15.0. The zero-order valence-electron chi connectivity index (χ0n) is 15.0. The molecule has 0 fully saturated rings. The average Bonchev–Trinajstić information content (AvgIpc) is 2.92. The fraction of sp³-hybridized carbons (Fsp3) is 0.263. The molecule has 3 aromatic rings. The predicted molar refractivity (Wildman–Crippen MR) is 97.4 cm³/mol. The van der Waals surface area contributed by atoms with E-state index in [9.17, 15) is 22.8 Å². The Hall–Kier alpha value is -3.23. The number of carbonyl (C=O) groups is 1. The zero-order chi connectivity index (χ0) is 20.5. The Labute approximate surface area is 157 Å². The standard InChI is InChI=1S/C19H18F3N3O3/c1-24-13-8-10-25(9-7-12-5-3-2-4-6-12)18(27)14(13)16(15(24)17(23)26)28-11-19(20,21)22/h2-6,8,10H,7,9,11H2,1H3,(H2,23,26). The fourth-order valence-corrected chi connectivity index (χ4v) is 3.09. The smallest absolute Gasteiger partial charge is 0.422 e. The first-order valence-electron chi connectivity index (χ1n) is 8.44. The highest BCUT2D eigenvalue weighted by molar-refractivity contribution is 6.03. The maximum atomic E-state index is 12.9. The second kappa shape index (κ2) is 7.41. The molecule has 0 aliphatic carbocycles. The highest BCUT2D eigenvalue weighted by Gasteiger charge is 2.31. The number of halogens is 3. The van der Waals surface area contributed by atoms with E-state index in [1.807, 2.05) is 30.3 Å². The number of rotatable bonds is 6. The monoisotopic (exact) mass is 393 g/mol. The van der Waals surface area contributed by atoms with Gasteiger partial charge in [-0.15, -0.1) is 0 Å². The van der Waals surface area contributed by atoms with Gasteiger partial charge in [-0.25, -0.2) is 0 Å². The topological polar surface area (TPSA) is 79.2 Å². The van der Waals surface area contributed by atoms with Crippen LogP contribution < -0.4 is 16.0 Å². The van der Waals surface area contributed by atoms with Crippen LogP contribution in [0.1, 0.15) is 16.1 Å². The predicted octanol–water partition coefficient (Wildman–Crippen LogP) is 2.62. The molecule has 0 atom stereocenters. The molecule has 1 aromatic carbocycles. The number of hydrogen-bond acceptors (Lipinski definition) is 3. The molecule has 3 rings (SSSR count). The first kappa shape index (κ1) is 19.5. The SMILES string of the molecule is Cn1c(C(N)=O)c(OCC(F)(F)F)c2c(=O)n(CCc3ccccc3)ccc21. The Balaban J connectivity index is 2.06. The maximum Gasteiger partial charge on any atom is 0.422 e. The van der Waals surface area contributed by atoms with Crippen molar-refractivity contribution in [3.63, 3.8) is 0 Å². The third-order valence-electron chi connectivity index (χ3n) is 4.38. The van der Waals surface area contributed by atoms with Crippen LogP contribution in [0.15, 0.2) is 47.4 Å². The number of hydrogen-bond donors (Lipinski definition) is 1. The summed E-state index contributed by atoms with van der Waals surface area (Å²) in [5.41, 5.74) is 5.76. The van der Waals surface area contributed by atoms with Gasteiger partial charge in [0, 0.05) is 19.8 Å². The number of nitrogens with zero attached hydrogens (tertiary/aromatic N) is 2. The Kier molecular flexibility index (Phi) is 5.17. The molecule has 2 N–H and O–H groups in total. The van der Waals surface area contributed by atoms with Gasteiger partial charge < -0.3 is 19.6 Å². The number of ether oxygens (including phenoxy) is 1. The highest BCUT2D eigenvalue weighted by atomic mass is 19.4. The fourth-order valence-electron chi connectivity index (χ4n) is 3.09. The lowest BCUT2D eigenvalue weighted by atomic mass is 10.1. The molecule has 2 heterocycles. The van der Waals surface area contributed by atoms with Crippen molar-refractivity contribution in [1.82, 2.24) is 9.13 Å². The number of primary amides is 1. The first-order chi connectivity index (χ1) is 13.2. The van der Waals surface area contributed by atoms with Crippen LogP contribution in [-0.2, 0) is 20.0 Å². The molecule has 148 valence electrons. The average molecular weight is 393 g/mol. The van der Waals surface area contributed by atoms with Crippen LogP contribution in [0.2, 0.25) is 0 Å². The Morgan fingerprint density at radius 1 is 1.18 bits per heavy atom. The number of aryl methyl sites for hydroxylation is 3. The second-order valence-corrected chi connectivity index (χ2v) is 6.31. The molecule has 0 aliphatic heterocycles. The summed E-state index contributed by atoms with van der Waals surface area (Å²) < 4.78 is 45.4. The minimum atomic E-state index is -4.63. The number of aromatic nitrogens is 2. The molecule has 0 spiro atoms. The summed E-state index contributed by atoms with van der Waals surface area (Å²) >= 11 is 0. The number of amides is 1. The largest absolute Gasteiger partial charge is 0.481 e. The Morgan fingerprint density at radius 2 is 1.86 bits per heavy atom. The maximum absolute atomic E-state index is 12.9. The molecule has 28 heavy (non-hydrogen) atoms. The summed E-state index contributed by atoms with van der Waals surface area (Å²) in [4.78, 5) is 24.7. The van der Waals surface area contributed by atoms with Gasteiger partial charge >= 0.3 is 6.18 Å². The number of pyridine rings is 1. The van der Waals surface area contributed by atoms with Crippen molar-refractivity contribution in [2.45, 2.75) is 19.1 Å². The molecular formula is C19H18F3N3O3. The molecule has 9 heteroatoms. The lowest BCUT2D eigenvalue weighted by Crippen LogP contribution is -2.23. The molecule has 0 aliphatic rings. The van der Waals surface area contributed by atoms with Gasteiger partial charge in [0.05, 0.1) is 5.52 Å². The van der Waals surface area contributed by atoms with Gasteiger partial charge in [0.25, 0.3) is 11.5 Å². The summed E-state index contributed by atoms with van der Waals surface area (Å²) in [5.74, 6) is -1.42. The summed E-state index contributed by atoms with van der Waals surface area (Å²) in [7, 11) is 1.44. The van der Waals surface area contributed by atoms with E-state index in [0.717, 1.165) is 5.56 Å². The van der Waals surface area contributed by atoms with E-state index in [-0.39, 0.29) is 16.6 Å². The van der Waals surface area contributed by atoms with Gasteiger partial charge in [0.15, 0.2) is 12.4 Å². The van der Waals surface area contributed by atoms with Crippen molar-refractivity contribution in [3.05, 3.63) is 64.2 Å². The van der Waals surface area contributed by atoms with Crippen LogP contribution in [-0.4, -0.2) is 27.8 Å². The lowest BCUT2D eigenvalue weighted by molar-refractivity contribution is -0.153. The van der Waals surface area contributed by atoms with Crippen LogP contribution in [0.25, 0.3) is 10.9 Å². The van der Waals surface area contributed by atoms with E-state index < -0.39 is 30.0 Å². The van der Waals surface area contributed by atoms with Crippen LogP contribution in [0, 0.1) is 0 Å². The van der Waals surface area contributed by atoms with Crippen LogP contribution >= 0.6 is 0 Å². The quantitative estimate of drug-likeness (QED) is 0.699. The summed E-state index contributed by atoms with van der Waals surface area (Å²) in [5, 5.41) is -0.101. The Bertz CT molecular complexity index is 1070. The molecule has 0 saturated carbocycles. The van der Waals surface area contributed by atoms with Crippen molar-refractivity contribution in [2.75, 3.05) is 6.61 Å². The van der Waals surface area contributed by atoms with Crippen molar-refractivity contribution in [1.29, 1.82) is 0 Å². The summed E-state index contributed by atoms with van der Waals surface area (Å²) in [6, 6.07) is 11.0. The van der Waals surface area contributed by atoms with Gasteiger partial charge in [-0.3, -0.25) is 9.59 Å². The Morgan fingerprint density at radius 3 is 2.46 bits per heavy atom.